The van der Waals surface area contributed by atoms with Gasteiger partial charge in [-0.2, -0.15) is 5.10 Å². The Kier molecular flexibility index (Phi) is 5.86. The van der Waals surface area contributed by atoms with E-state index in [9.17, 15) is 10.2 Å². The standard InChI is InChI=1S/C21H26N4O2S/c1-4-24-10-14-5-6-16(7-15(14)11-24)25(12-28)21(23-22)18-8-17(13(2)3)19(26)9-20(18)27/h5-9,12-13,26-27H,4,10-11,22H2,1-3H3/b23-21-. The molecular weight excluding hydrogens is 372 g/mol. The van der Waals surface area contributed by atoms with E-state index in [1.54, 1.807) is 11.0 Å². The predicted octanol–water partition coefficient (Wildman–Crippen LogP) is 3.64. The van der Waals surface area contributed by atoms with Crippen LogP contribution in [-0.4, -0.2) is 33.0 Å². The van der Waals surface area contributed by atoms with Crippen LogP contribution in [0.3, 0.4) is 0 Å². The number of hydrogen-bond acceptors (Lipinski definition) is 6. The number of rotatable bonds is 5. The number of nitrogens with zero attached hydrogens (tertiary/aromatic N) is 3. The normalized spacial score (nSPS) is 14.4. The Bertz CT molecular complexity index is 927. The molecule has 2 aromatic carbocycles. The number of phenols is 2. The van der Waals surface area contributed by atoms with Gasteiger partial charge in [-0.3, -0.25) is 9.80 Å². The summed E-state index contributed by atoms with van der Waals surface area (Å²) in [6.07, 6.45) is 0. The fraction of sp³-hybridized carbons (Fsp3) is 0.333. The molecule has 0 saturated heterocycles. The number of hydrogen-bond donors (Lipinski definition) is 3. The molecule has 3 rings (SSSR count). The first kappa shape index (κ1) is 20.1. The Labute approximate surface area is 170 Å². The number of nitrogens with two attached hydrogens (primary N) is 1. The monoisotopic (exact) mass is 398 g/mol. The summed E-state index contributed by atoms with van der Waals surface area (Å²) in [4.78, 5) is 4.04. The van der Waals surface area contributed by atoms with E-state index in [0.29, 0.717) is 17.0 Å². The summed E-state index contributed by atoms with van der Waals surface area (Å²) in [5.74, 6) is 6.03. The summed E-state index contributed by atoms with van der Waals surface area (Å²) in [6, 6.07) is 9.18. The largest absolute Gasteiger partial charge is 0.508 e. The van der Waals surface area contributed by atoms with Crippen molar-refractivity contribution in [3.63, 3.8) is 0 Å². The first-order valence-electron chi connectivity index (χ1n) is 9.32. The molecular formula is C21H26N4O2S. The van der Waals surface area contributed by atoms with Crippen LogP contribution >= 0.6 is 12.2 Å². The van der Waals surface area contributed by atoms with Gasteiger partial charge in [-0.1, -0.05) is 39.1 Å². The molecule has 7 heteroatoms. The van der Waals surface area contributed by atoms with Crippen molar-refractivity contribution in [1.29, 1.82) is 0 Å². The van der Waals surface area contributed by atoms with E-state index < -0.39 is 0 Å². The fourth-order valence-electron chi connectivity index (χ4n) is 3.56. The van der Waals surface area contributed by atoms with Crippen LogP contribution in [0.15, 0.2) is 35.4 Å². The molecule has 0 fully saturated rings. The van der Waals surface area contributed by atoms with Crippen molar-refractivity contribution in [2.75, 3.05) is 11.4 Å². The van der Waals surface area contributed by atoms with Gasteiger partial charge in [0.1, 0.15) is 11.5 Å². The van der Waals surface area contributed by atoms with Crippen molar-refractivity contribution < 1.29 is 10.2 Å². The zero-order valence-corrected chi connectivity index (χ0v) is 17.2. The Morgan fingerprint density at radius 1 is 1.21 bits per heavy atom. The van der Waals surface area contributed by atoms with Crippen LogP contribution in [0.4, 0.5) is 5.69 Å². The van der Waals surface area contributed by atoms with Gasteiger partial charge in [-0.25, -0.2) is 0 Å². The van der Waals surface area contributed by atoms with Crippen LogP contribution in [0, 0.1) is 0 Å². The molecule has 1 aliphatic rings. The third-order valence-corrected chi connectivity index (χ3v) is 5.38. The SMILES string of the molecule is CCN1Cc2ccc(N(C=S)/C(=N\N)c3cc(C(C)C)c(O)cc3O)cc2C1. The predicted molar refractivity (Wildman–Crippen MR) is 117 cm³/mol. The number of thiocarbonyl (C=S) groups is 1. The molecule has 0 saturated carbocycles. The Balaban J connectivity index is 2.03. The highest BCUT2D eigenvalue weighted by Gasteiger charge is 2.23. The maximum absolute atomic E-state index is 10.4. The lowest BCUT2D eigenvalue weighted by atomic mass is 9.98. The van der Waals surface area contributed by atoms with Gasteiger partial charge >= 0.3 is 0 Å². The summed E-state index contributed by atoms with van der Waals surface area (Å²) in [5, 5.41) is 24.5. The summed E-state index contributed by atoms with van der Waals surface area (Å²) in [6.45, 7) is 8.91. The van der Waals surface area contributed by atoms with E-state index in [4.69, 9.17) is 18.1 Å². The van der Waals surface area contributed by atoms with Crippen LogP contribution in [-0.2, 0) is 13.1 Å². The van der Waals surface area contributed by atoms with E-state index in [2.05, 4.69) is 29.1 Å². The molecule has 2 aromatic rings. The molecule has 0 atom stereocenters. The minimum Gasteiger partial charge on any atom is -0.508 e. The highest BCUT2D eigenvalue weighted by Crippen LogP contribution is 2.34. The lowest BCUT2D eigenvalue weighted by molar-refractivity contribution is 0.301. The number of phenolic OH excluding ortho intramolecular Hbond substituents is 2. The second kappa shape index (κ2) is 8.16. The van der Waals surface area contributed by atoms with Gasteiger partial charge < -0.3 is 16.1 Å². The van der Waals surface area contributed by atoms with E-state index in [1.165, 1.54) is 22.7 Å². The number of benzene rings is 2. The zero-order valence-electron chi connectivity index (χ0n) is 16.4. The van der Waals surface area contributed by atoms with E-state index in [0.717, 1.165) is 25.3 Å². The molecule has 1 aliphatic heterocycles. The van der Waals surface area contributed by atoms with Crippen LogP contribution in [0.1, 0.15) is 48.9 Å². The second-order valence-corrected chi connectivity index (χ2v) is 7.48. The van der Waals surface area contributed by atoms with Crippen LogP contribution in [0.2, 0.25) is 0 Å². The first-order chi connectivity index (χ1) is 13.4. The molecule has 4 N–H and O–H groups in total. The van der Waals surface area contributed by atoms with Gasteiger partial charge in [0.2, 0.25) is 0 Å². The quantitative estimate of drug-likeness (QED) is 0.234. The van der Waals surface area contributed by atoms with Crippen molar-refractivity contribution in [2.45, 2.75) is 39.8 Å². The fourth-order valence-corrected chi connectivity index (χ4v) is 3.78. The number of fused-ring (bicyclic) bond motifs is 1. The van der Waals surface area contributed by atoms with Crippen molar-refractivity contribution >= 4 is 29.2 Å². The number of hydrazone groups is 1. The maximum atomic E-state index is 10.4. The van der Waals surface area contributed by atoms with E-state index >= 15 is 0 Å². The minimum atomic E-state index is -0.105. The van der Waals surface area contributed by atoms with Crippen molar-refractivity contribution in [3.05, 3.63) is 52.6 Å². The molecule has 0 spiro atoms. The Morgan fingerprint density at radius 2 is 1.93 bits per heavy atom. The third-order valence-electron chi connectivity index (χ3n) is 5.17. The molecule has 6 nitrogen and oxygen atoms in total. The minimum absolute atomic E-state index is 0.0405. The van der Waals surface area contributed by atoms with E-state index in [-0.39, 0.29) is 17.4 Å². The molecule has 0 amide bonds. The molecule has 0 bridgehead atoms. The third kappa shape index (κ3) is 3.68. The lowest BCUT2D eigenvalue weighted by Gasteiger charge is -2.23. The summed E-state index contributed by atoms with van der Waals surface area (Å²) >= 11 is 5.25. The van der Waals surface area contributed by atoms with Crippen LogP contribution in [0.25, 0.3) is 0 Å². The number of amidine groups is 1. The summed E-state index contributed by atoms with van der Waals surface area (Å²) in [5.41, 5.74) is 5.95. The zero-order chi connectivity index (χ0) is 20.4. The molecule has 0 aromatic heterocycles. The second-order valence-electron chi connectivity index (χ2n) is 7.27. The topological polar surface area (TPSA) is 85.3 Å². The molecule has 0 radical (unpaired) electrons. The van der Waals surface area contributed by atoms with E-state index in [1.807, 2.05) is 19.9 Å². The van der Waals surface area contributed by atoms with Crippen LogP contribution < -0.4 is 10.7 Å². The summed E-state index contributed by atoms with van der Waals surface area (Å²) in [7, 11) is 0. The average Bonchev–Trinajstić information content (AvgIpc) is 3.08. The number of anilines is 1. The van der Waals surface area contributed by atoms with Gasteiger partial charge in [0.25, 0.3) is 0 Å². The highest BCUT2D eigenvalue weighted by atomic mass is 32.1. The Morgan fingerprint density at radius 3 is 2.54 bits per heavy atom. The van der Waals surface area contributed by atoms with Gasteiger partial charge in [0.15, 0.2) is 5.84 Å². The molecule has 28 heavy (non-hydrogen) atoms. The molecule has 1 heterocycles. The summed E-state index contributed by atoms with van der Waals surface area (Å²) < 4.78 is 0. The first-order valence-corrected chi connectivity index (χ1v) is 9.79. The lowest BCUT2D eigenvalue weighted by Crippen LogP contribution is -2.31. The van der Waals surface area contributed by atoms with Crippen LogP contribution in [0.5, 0.6) is 11.5 Å². The molecule has 0 unspecified atom stereocenters. The van der Waals surface area contributed by atoms with Crippen molar-refractivity contribution in [2.24, 2.45) is 10.9 Å². The van der Waals surface area contributed by atoms with Crippen molar-refractivity contribution in [3.8, 4) is 11.5 Å². The Hall–Kier alpha value is -2.64. The number of aromatic hydroxyl groups is 2. The smallest absolute Gasteiger partial charge is 0.168 e. The van der Waals surface area contributed by atoms with Gasteiger partial charge in [0, 0.05) is 24.8 Å². The molecule has 0 aliphatic carbocycles. The van der Waals surface area contributed by atoms with Crippen molar-refractivity contribution in [1.82, 2.24) is 4.90 Å². The van der Waals surface area contributed by atoms with Gasteiger partial charge in [-0.05, 0) is 47.4 Å². The maximum Gasteiger partial charge on any atom is 0.168 e. The molecule has 148 valence electrons. The van der Waals surface area contributed by atoms with Gasteiger partial charge in [0.05, 0.1) is 11.1 Å². The highest BCUT2D eigenvalue weighted by molar-refractivity contribution is 7.79. The average molecular weight is 399 g/mol. The van der Waals surface area contributed by atoms with Gasteiger partial charge in [-0.15, -0.1) is 0 Å².